The van der Waals surface area contributed by atoms with Crippen molar-refractivity contribution in [3.8, 4) is 5.88 Å². The van der Waals surface area contributed by atoms with Crippen LogP contribution < -0.4 is 4.74 Å². The number of hydrogen-bond donors (Lipinski definition) is 1. The second-order valence-electron chi connectivity index (χ2n) is 3.33. The van der Waals surface area contributed by atoms with Gasteiger partial charge in [0.25, 0.3) is 0 Å². The highest BCUT2D eigenvalue weighted by Gasteiger charge is 1.98. The van der Waals surface area contributed by atoms with Crippen LogP contribution in [-0.2, 0) is 5.75 Å². The van der Waals surface area contributed by atoms with Gasteiger partial charge in [-0.05, 0) is 12.0 Å². The van der Waals surface area contributed by atoms with E-state index in [0.29, 0.717) is 24.2 Å². The predicted molar refractivity (Wildman–Crippen MR) is 57.3 cm³/mol. The van der Waals surface area contributed by atoms with Crippen molar-refractivity contribution < 1.29 is 4.74 Å². The second-order valence-corrected chi connectivity index (χ2v) is 3.65. The maximum atomic E-state index is 5.46. The molecule has 0 bridgehead atoms. The van der Waals surface area contributed by atoms with Crippen molar-refractivity contribution in [1.82, 2.24) is 4.98 Å². The highest BCUT2D eigenvalue weighted by Crippen LogP contribution is 2.10. The van der Waals surface area contributed by atoms with Crippen LogP contribution in [0.2, 0.25) is 0 Å². The first-order valence-electron chi connectivity index (χ1n) is 4.42. The second kappa shape index (κ2) is 5.12. The summed E-state index contributed by atoms with van der Waals surface area (Å²) in [6.07, 6.45) is 0. The molecule has 0 unspecified atom stereocenters. The summed E-state index contributed by atoms with van der Waals surface area (Å²) in [6, 6.07) is 5.75. The van der Waals surface area contributed by atoms with Crippen LogP contribution in [-0.4, -0.2) is 11.6 Å². The molecule has 1 aromatic heterocycles. The Kier molecular flexibility index (Phi) is 4.09. The molecule has 0 amide bonds. The van der Waals surface area contributed by atoms with Crippen molar-refractivity contribution in [2.45, 2.75) is 19.6 Å². The van der Waals surface area contributed by atoms with Crippen molar-refractivity contribution in [1.29, 1.82) is 0 Å². The molecule has 0 aliphatic carbocycles. The molecule has 0 aliphatic rings. The third-order valence-corrected chi connectivity index (χ3v) is 1.83. The Morgan fingerprint density at radius 1 is 1.46 bits per heavy atom. The Morgan fingerprint density at radius 3 is 2.85 bits per heavy atom. The van der Waals surface area contributed by atoms with Gasteiger partial charge in [-0.2, -0.15) is 12.6 Å². The zero-order chi connectivity index (χ0) is 9.68. The lowest BCUT2D eigenvalue weighted by atomic mass is 10.2. The van der Waals surface area contributed by atoms with Gasteiger partial charge in [0.2, 0.25) is 5.88 Å². The lowest BCUT2D eigenvalue weighted by Crippen LogP contribution is -2.05. The van der Waals surface area contributed by atoms with Crippen LogP contribution >= 0.6 is 12.6 Å². The summed E-state index contributed by atoms with van der Waals surface area (Å²) in [5, 5.41) is 0. The molecule has 0 aliphatic heterocycles. The Bertz CT molecular complexity index is 263. The molecule has 0 saturated carbocycles. The van der Waals surface area contributed by atoms with Gasteiger partial charge in [-0.1, -0.05) is 19.9 Å². The molecule has 3 heteroatoms. The number of hydrogen-bond acceptors (Lipinski definition) is 3. The average molecular weight is 197 g/mol. The van der Waals surface area contributed by atoms with Gasteiger partial charge in [0, 0.05) is 11.8 Å². The summed E-state index contributed by atoms with van der Waals surface area (Å²) >= 11 is 4.15. The third kappa shape index (κ3) is 3.68. The minimum absolute atomic E-state index is 0.529. The van der Waals surface area contributed by atoms with Crippen LogP contribution in [0, 0.1) is 5.92 Å². The molecule has 0 spiro atoms. The van der Waals surface area contributed by atoms with E-state index >= 15 is 0 Å². The van der Waals surface area contributed by atoms with Crippen molar-refractivity contribution in [3.05, 3.63) is 23.9 Å². The molecule has 0 N–H and O–H groups in total. The van der Waals surface area contributed by atoms with E-state index in [0.717, 1.165) is 5.69 Å². The summed E-state index contributed by atoms with van der Waals surface area (Å²) < 4.78 is 5.46. The zero-order valence-electron chi connectivity index (χ0n) is 8.03. The molecule has 0 saturated heterocycles. The van der Waals surface area contributed by atoms with Gasteiger partial charge in [-0.15, -0.1) is 0 Å². The van der Waals surface area contributed by atoms with E-state index in [-0.39, 0.29) is 0 Å². The first-order valence-corrected chi connectivity index (χ1v) is 5.05. The van der Waals surface area contributed by atoms with Gasteiger partial charge in [-0.25, -0.2) is 4.98 Å². The van der Waals surface area contributed by atoms with Crippen molar-refractivity contribution >= 4 is 12.6 Å². The molecule has 0 fully saturated rings. The minimum atomic E-state index is 0.529. The summed E-state index contributed by atoms with van der Waals surface area (Å²) in [5.41, 5.74) is 0.949. The number of ether oxygens (including phenoxy) is 1. The number of thiol groups is 1. The van der Waals surface area contributed by atoms with Crippen molar-refractivity contribution in [2.75, 3.05) is 6.61 Å². The molecular weight excluding hydrogens is 182 g/mol. The Balaban J connectivity index is 2.56. The fourth-order valence-corrected chi connectivity index (χ4v) is 1.05. The van der Waals surface area contributed by atoms with Gasteiger partial charge >= 0.3 is 0 Å². The van der Waals surface area contributed by atoms with E-state index in [1.807, 2.05) is 18.2 Å². The Hall–Kier alpha value is -0.700. The minimum Gasteiger partial charge on any atom is -0.477 e. The van der Waals surface area contributed by atoms with Crippen LogP contribution in [0.15, 0.2) is 18.2 Å². The lowest BCUT2D eigenvalue weighted by molar-refractivity contribution is 0.261. The van der Waals surface area contributed by atoms with Crippen LogP contribution in [0.4, 0.5) is 0 Å². The van der Waals surface area contributed by atoms with Gasteiger partial charge in [0.05, 0.1) is 12.3 Å². The molecule has 0 radical (unpaired) electrons. The van der Waals surface area contributed by atoms with Crippen LogP contribution in [0.5, 0.6) is 5.88 Å². The molecule has 1 heterocycles. The standard InChI is InChI=1S/C10H15NOS/c1-8(2)6-12-10-5-3-4-9(7-13)11-10/h3-5,8,13H,6-7H2,1-2H3. The molecule has 2 nitrogen and oxygen atoms in total. The third-order valence-electron chi connectivity index (χ3n) is 1.51. The first kappa shape index (κ1) is 10.4. The molecule has 72 valence electrons. The van der Waals surface area contributed by atoms with Crippen molar-refractivity contribution in [2.24, 2.45) is 5.92 Å². The predicted octanol–water partition coefficient (Wildman–Crippen LogP) is 2.55. The lowest BCUT2D eigenvalue weighted by Gasteiger charge is -2.07. The van der Waals surface area contributed by atoms with Gasteiger partial charge in [-0.3, -0.25) is 0 Å². The highest BCUT2D eigenvalue weighted by molar-refractivity contribution is 7.79. The van der Waals surface area contributed by atoms with Gasteiger partial charge in [0.1, 0.15) is 0 Å². The topological polar surface area (TPSA) is 22.1 Å². The molecular formula is C10H15NOS. The van der Waals surface area contributed by atoms with E-state index in [1.165, 1.54) is 0 Å². The van der Waals surface area contributed by atoms with Crippen LogP contribution in [0.25, 0.3) is 0 Å². The number of rotatable bonds is 4. The maximum absolute atomic E-state index is 5.46. The maximum Gasteiger partial charge on any atom is 0.213 e. The molecule has 1 aromatic rings. The number of pyridine rings is 1. The summed E-state index contributed by atoms with van der Waals surface area (Å²) in [4.78, 5) is 4.26. The fourth-order valence-electron chi connectivity index (χ4n) is 0.878. The van der Waals surface area contributed by atoms with E-state index < -0.39 is 0 Å². The largest absolute Gasteiger partial charge is 0.477 e. The number of nitrogens with zero attached hydrogens (tertiary/aromatic N) is 1. The van der Waals surface area contributed by atoms with Crippen LogP contribution in [0.3, 0.4) is 0 Å². The Morgan fingerprint density at radius 2 is 2.23 bits per heavy atom. The summed E-state index contributed by atoms with van der Waals surface area (Å²) in [6.45, 7) is 4.94. The van der Waals surface area contributed by atoms with Gasteiger partial charge in [0.15, 0.2) is 0 Å². The molecule has 1 rings (SSSR count). The molecule has 0 atom stereocenters. The quantitative estimate of drug-likeness (QED) is 0.749. The summed E-state index contributed by atoms with van der Waals surface area (Å²) in [7, 11) is 0. The fraction of sp³-hybridized carbons (Fsp3) is 0.500. The molecule has 0 aromatic carbocycles. The average Bonchev–Trinajstić information content (AvgIpc) is 2.15. The smallest absolute Gasteiger partial charge is 0.213 e. The van der Waals surface area contributed by atoms with E-state index in [1.54, 1.807) is 0 Å². The normalized spacial score (nSPS) is 10.5. The van der Waals surface area contributed by atoms with E-state index in [9.17, 15) is 0 Å². The Labute approximate surface area is 84.7 Å². The van der Waals surface area contributed by atoms with E-state index in [2.05, 4.69) is 31.5 Å². The van der Waals surface area contributed by atoms with Crippen molar-refractivity contribution in [3.63, 3.8) is 0 Å². The van der Waals surface area contributed by atoms with Crippen LogP contribution in [0.1, 0.15) is 19.5 Å². The number of aromatic nitrogens is 1. The van der Waals surface area contributed by atoms with E-state index in [4.69, 9.17) is 4.74 Å². The molecule has 13 heavy (non-hydrogen) atoms. The monoisotopic (exact) mass is 197 g/mol. The SMILES string of the molecule is CC(C)COc1cccc(CS)n1. The zero-order valence-corrected chi connectivity index (χ0v) is 8.92. The van der Waals surface area contributed by atoms with Gasteiger partial charge < -0.3 is 4.74 Å². The summed E-state index contributed by atoms with van der Waals surface area (Å²) in [5.74, 6) is 1.88. The highest BCUT2D eigenvalue weighted by atomic mass is 32.1. The first-order chi connectivity index (χ1) is 6.22.